The zero-order chi connectivity index (χ0) is 26.5. The number of ether oxygens (including phenoxy) is 1. The Bertz CT molecular complexity index is 1460. The fraction of sp³-hybridized carbons (Fsp3) is 0.414. The molecule has 1 N–H and O–H groups in total. The summed E-state index contributed by atoms with van der Waals surface area (Å²) in [4.78, 5) is 31.9. The summed E-state index contributed by atoms with van der Waals surface area (Å²) < 4.78 is 7.32. The summed E-state index contributed by atoms with van der Waals surface area (Å²) in [5, 5.41) is 17.4. The third-order valence-corrected chi connectivity index (χ3v) is 7.91. The van der Waals surface area contributed by atoms with Crippen molar-refractivity contribution in [1.29, 1.82) is 5.26 Å². The molecule has 9 nitrogen and oxygen atoms in total. The number of amides is 2. The lowest BCUT2D eigenvalue weighted by molar-refractivity contribution is -0.123. The maximum atomic E-state index is 13.4. The molecule has 4 heterocycles. The first-order valence-electron chi connectivity index (χ1n) is 13.0. The second-order valence-electron chi connectivity index (χ2n) is 11.1. The molecular formula is C29H30N6O3. The Balaban J connectivity index is 1.39. The lowest BCUT2D eigenvalue weighted by atomic mass is 9.83. The van der Waals surface area contributed by atoms with E-state index >= 15 is 0 Å². The molecule has 2 saturated heterocycles. The molecule has 3 fully saturated rings. The van der Waals surface area contributed by atoms with Crippen LogP contribution in [0, 0.1) is 28.1 Å². The Labute approximate surface area is 221 Å². The standard InChI is InChI=1S/C29H30N6O3/c1-19(36)33-24-5-3-4-23(20-13-32-34(14-20)16-28(2)17-38-18-28)26(24)25-12-22(8-10-31-25)35-11-9-29(15-30,27(35)37)21-6-7-21/h3-5,8,10,12-14,21H,6-7,9,11,16-18H2,1-2H3,(H,33,36)/t29-/m1/s1. The summed E-state index contributed by atoms with van der Waals surface area (Å²) in [6, 6.07) is 11.8. The van der Waals surface area contributed by atoms with E-state index in [1.54, 1.807) is 11.1 Å². The highest BCUT2D eigenvalue weighted by Gasteiger charge is 2.56. The average molecular weight is 511 g/mol. The van der Waals surface area contributed by atoms with Gasteiger partial charge in [0.05, 0.1) is 43.4 Å². The molecule has 2 aliphatic heterocycles. The van der Waals surface area contributed by atoms with Crippen molar-refractivity contribution in [3.63, 3.8) is 0 Å². The van der Waals surface area contributed by atoms with Gasteiger partial charge in [0.25, 0.3) is 0 Å². The summed E-state index contributed by atoms with van der Waals surface area (Å²) in [6.45, 7) is 6.33. The van der Waals surface area contributed by atoms with Gasteiger partial charge >= 0.3 is 0 Å². The van der Waals surface area contributed by atoms with Crippen molar-refractivity contribution in [2.75, 3.05) is 30.0 Å². The van der Waals surface area contributed by atoms with Crippen molar-refractivity contribution in [3.8, 4) is 28.5 Å². The number of hydrogen-bond acceptors (Lipinski definition) is 6. The number of nitrogens with one attached hydrogen (secondary N) is 1. The van der Waals surface area contributed by atoms with Gasteiger partial charge in [0, 0.05) is 48.1 Å². The topological polar surface area (TPSA) is 113 Å². The molecule has 9 heteroatoms. The van der Waals surface area contributed by atoms with E-state index in [2.05, 4.69) is 28.4 Å². The molecule has 1 saturated carbocycles. The molecule has 3 aliphatic rings. The second-order valence-corrected chi connectivity index (χ2v) is 11.1. The third-order valence-electron chi connectivity index (χ3n) is 7.91. The number of pyridine rings is 1. The second kappa shape index (κ2) is 9.07. The Hall–Kier alpha value is -4.03. The van der Waals surface area contributed by atoms with Gasteiger partial charge in [-0.05, 0) is 48.9 Å². The SMILES string of the molecule is CC(=O)Nc1cccc(-c2cnn(CC3(C)COC3)c2)c1-c1cc(N2CC[C@@](C#N)(C3CC3)C2=O)ccn1. The van der Waals surface area contributed by atoms with E-state index in [0.717, 1.165) is 36.1 Å². The van der Waals surface area contributed by atoms with Gasteiger partial charge in [-0.1, -0.05) is 19.1 Å². The minimum Gasteiger partial charge on any atom is -0.380 e. The van der Waals surface area contributed by atoms with Crippen LogP contribution in [0.2, 0.25) is 0 Å². The Morgan fingerprint density at radius 1 is 1.29 bits per heavy atom. The molecule has 1 aliphatic carbocycles. The number of anilines is 2. The van der Waals surface area contributed by atoms with E-state index in [-0.39, 0.29) is 23.1 Å². The highest BCUT2D eigenvalue weighted by Crippen LogP contribution is 2.52. The average Bonchev–Trinajstić information content (AvgIpc) is 3.55. The molecule has 1 aromatic carbocycles. The predicted octanol–water partition coefficient (Wildman–Crippen LogP) is 4.26. The van der Waals surface area contributed by atoms with Crippen molar-refractivity contribution >= 4 is 23.2 Å². The van der Waals surface area contributed by atoms with Crippen molar-refractivity contribution < 1.29 is 14.3 Å². The smallest absolute Gasteiger partial charge is 0.247 e. The van der Waals surface area contributed by atoms with Crippen molar-refractivity contribution in [1.82, 2.24) is 14.8 Å². The minimum atomic E-state index is -0.917. The maximum absolute atomic E-state index is 13.4. The van der Waals surface area contributed by atoms with Gasteiger partial charge in [0.1, 0.15) is 5.41 Å². The van der Waals surface area contributed by atoms with E-state index < -0.39 is 5.41 Å². The van der Waals surface area contributed by atoms with Gasteiger partial charge in [0.15, 0.2) is 0 Å². The molecule has 6 rings (SSSR count). The lowest BCUT2D eigenvalue weighted by Gasteiger charge is -2.37. The zero-order valence-electron chi connectivity index (χ0n) is 21.6. The van der Waals surface area contributed by atoms with E-state index in [1.165, 1.54) is 6.92 Å². The number of rotatable bonds is 7. The number of carbonyl (C=O) groups is 2. The van der Waals surface area contributed by atoms with E-state index in [0.29, 0.717) is 43.2 Å². The lowest BCUT2D eigenvalue weighted by Crippen LogP contribution is -2.43. The Morgan fingerprint density at radius 2 is 2.11 bits per heavy atom. The number of benzene rings is 1. The first kappa shape index (κ1) is 24.3. The summed E-state index contributed by atoms with van der Waals surface area (Å²) in [7, 11) is 0. The van der Waals surface area contributed by atoms with Crippen molar-refractivity contribution in [2.24, 2.45) is 16.7 Å². The monoisotopic (exact) mass is 510 g/mol. The van der Waals surface area contributed by atoms with E-state index in [1.807, 2.05) is 47.4 Å². The van der Waals surface area contributed by atoms with Crippen molar-refractivity contribution in [3.05, 3.63) is 48.9 Å². The first-order chi connectivity index (χ1) is 18.3. The molecule has 2 amide bonds. The number of hydrogen-bond donors (Lipinski definition) is 1. The number of aromatic nitrogens is 3. The molecule has 0 unspecified atom stereocenters. The summed E-state index contributed by atoms with van der Waals surface area (Å²) in [6.07, 6.45) is 7.91. The van der Waals surface area contributed by atoms with Gasteiger partial charge in [-0.25, -0.2) is 0 Å². The molecule has 1 atom stereocenters. The molecular weight excluding hydrogens is 480 g/mol. The summed E-state index contributed by atoms with van der Waals surface area (Å²) in [5.41, 5.74) is 3.64. The van der Waals surface area contributed by atoms with Crippen LogP contribution in [0.25, 0.3) is 22.4 Å². The number of carbonyl (C=O) groups excluding carboxylic acids is 2. The normalized spacial score (nSPS) is 22.1. The third kappa shape index (κ3) is 4.15. The van der Waals surface area contributed by atoms with E-state index in [9.17, 15) is 14.9 Å². The van der Waals surface area contributed by atoms with Crippen molar-refractivity contribution in [2.45, 2.75) is 39.7 Å². The van der Waals surface area contributed by atoms with Crippen LogP contribution in [0.15, 0.2) is 48.9 Å². The first-order valence-corrected chi connectivity index (χ1v) is 13.0. The van der Waals surface area contributed by atoms with Gasteiger partial charge in [-0.15, -0.1) is 0 Å². The summed E-state index contributed by atoms with van der Waals surface area (Å²) >= 11 is 0. The molecule has 3 aromatic rings. The molecule has 0 bridgehead atoms. The number of nitrogens with zero attached hydrogens (tertiary/aromatic N) is 5. The van der Waals surface area contributed by atoms with Crippen LogP contribution in [-0.4, -0.2) is 46.3 Å². The van der Waals surface area contributed by atoms with Crippen LogP contribution >= 0.6 is 0 Å². The molecule has 194 valence electrons. The van der Waals surface area contributed by atoms with Crippen LogP contribution in [0.3, 0.4) is 0 Å². The quantitative estimate of drug-likeness (QED) is 0.508. The largest absolute Gasteiger partial charge is 0.380 e. The fourth-order valence-electron chi connectivity index (χ4n) is 5.74. The molecule has 2 aromatic heterocycles. The molecule has 38 heavy (non-hydrogen) atoms. The van der Waals surface area contributed by atoms with Gasteiger partial charge in [-0.2, -0.15) is 10.4 Å². The Morgan fingerprint density at radius 3 is 2.79 bits per heavy atom. The Kier molecular flexibility index (Phi) is 5.80. The predicted molar refractivity (Wildman–Crippen MR) is 142 cm³/mol. The zero-order valence-corrected chi connectivity index (χ0v) is 21.6. The maximum Gasteiger partial charge on any atom is 0.247 e. The summed E-state index contributed by atoms with van der Waals surface area (Å²) in [5.74, 6) is -0.153. The van der Waals surface area contributed by atoms with Gasteiger partial charge in [0.2, 0.25) is 11.8 Å². The van der Waals surface area contributed by atoms with Crippen LogP contribution in [0.5, 0.6) is 0 Å². The van der Waals surface area contributed by atoms with Crippen LogP contribution in [-0.2, 0) is 20.9 Å². The molecule has 0 radical (unpaired) electrons. The van der Waals surface area contributed by atoms with Gasteiger partial charge < -0.3 is 15.0 Å². The fourth-order valence-corrected chi connectivity index (χ4v) is 5.74. The van der Waals surface area contributed by atoms with Crippen LogP contribution in [0.4, 0.5) is 11.4 Å². The minimum absolute atomic E-state index is 0.0709. The highest BCUT2D eigenvalue weighted by molar-refractivity contribution is 6.03. The van der Waals surface area contributed by atoms with Crippen LogP contribution in [0.1, 0.15) is 33.1 Å². The van der Waals surface area contributed by atoms with Gasteiger partial charge in [-0.3, -0.25) is 19.3 Å². The molecule has 0 spiro atoms. The number of nitriles is 1. The highest BCUT2D eigenvalue weighted by atomic mass is 16.5. The van der Waals surface area contributed by atoms with E-state index in [4.69, 9.17) is 4.74 Å². The van der Waals surface area contributed by atoms with Crippen LogP contribution < -0.4 is 10.2 Å².